The number of rotatable bonds is 6. The summed E-state index contributed by atoms with van der Waals surface area (Å²) in [5, 5.41) is 11.4. The molecule has 0 saturated heterocycles. The molecule has 160 valence electrons. The van der Waals surface area contributed by atoms with Crippen molar-refractivity contribution in [3.8, 4) is 0 Å². The number of aromatic nitrogens is 2. The minimum absolute atomic E-state index is 0.239. The Balaban J connectivity index is 1.36. The summed E-state index contributed by atoms with van der Waals surface area (Å²) < 4.78 is 0. The molecule has 4 N–H and O–H groups in total. The van der Waals surface area contributed by atoms with Crippen molar-refractivity contribution in [2.24, 2.45) is 11.8 Å². The lowest BCUT2D eigenvalue weighted by atomic mass is 9.81. The molecule has 2 aromatic heterocycles. The van der Waals surface area contributed by atoms with Gasteiger partial charge < -0.3 is 10.6 Å². The summed E-state index contributed by atoms with van der Waals surface area (Å²) >= 11 is 0. The van der Waals surface area contributed by atoms with Crippen LogP contribution in [0.4, 0.5) is 21.2 Å². The third kappa shape index (κ3) is 7.02. The smallest absolute Gasteiger partial charge is 0.320 e. The zero-order valence-electron chi connectivity index (χ0n) is 17.6. The molecule has 0 bridgehead atoms. The van der Waals surface area contributed by atoms with Gasteiger partial charge in [-0.3, -0.25) is 10.6 Å². The fourth-order valence-corrected chi connectivity index (χ4v) is 3.65. The molecule has 1 aliphatic carbocycles. The van der Waals surface area contributed by atoms with Crippen LogP contribution in [0.2, 0.25) is 0 Å². The van der Waals surface area contributed by atoms with E-state index in [0.29, 0.717) is 36.6 Å². The van der Waals surface area contributed by atoms with Crippen molar-refractivity contribution in [3.05, 3.63) is 47.8 Å². The Morgan fingerprint density at radius 2 is 1.30 bits per heavy atom. The Bertz CT molecular complexity index is 768. The van der Waals surface area contributed by atoms with E-state index in [4.69, 9.17) is 0 Å². The number of pyridine rings is 2. The molecule has 1 aliphatic rings. The van der Waals surface area contributed by atoms with Gasteiger partial charge in [-0.2, -0.15) is 0 Å². The average molecular weight is 411 g/mol. The Labute approximate surface area is 177 Å². The summed E-state index contributed by atoms with van der Waals surface area (Å²) in [6, 6.07) is 6.91. The molecule has 30 heavy (non-hydrogen) atoms. The Morgan fingerprint density at radius 3 is 1.70 bits per heavy atom. The van der Waals surface area contributed by atoms with Crippen LogP contribution in [0.1, 0.15) is 36.8 Å². The van der Waals surface area contributed by atoms with E-state index in [0.717, 1.165) is 36.8 Å². The summed E-state index contributed by atoms with van der Waals surface area (Å²) in [6.07, 6.45) is 7.68. The molecule has 1 fully saturated rings. The zero-order chi connectivity index (χ0) is 21.3. The van der Waals surface area contributed by atoms with Crippen LogP contribution in [-0.4, -0.2) is 35.1 Å². The van der Waals surface area contributed by atoms with Gasteiger partial charge in [0.15, 0.2) is 0 Å². The molecule has 3 rings (SSSR count). The molecule has 2 atom stereocenters. The Kier molecular flexibility index (Phi) is 7.59. The normalized spacial score (nSPS) is 18.3. The van der Waals surface area contributed by atoms with Crippen LogP contribution in [0.25, 0.3) is 0 Å². The van der Waals surface area contributed by atoms with Crippen LogP contribution in [0.3, 0.4) is 0 Å². The van der Waals surface area contributed by atoms with Crippen molar-refractivity contribution in [1.29, 1.82) is 0 Å². The van der Waals surface area contributed by atoms with E-state index >= 15 is 0 Å². The first kappa shape index (κ1) is 21.5. The number of hydrogen-bond donors (Lipinski definition) is 4. The number of amides is 4. The van der Waals surface area contributed by atoms with Gasteiger partial charge in [0.25, 0.3) is 0 Å². The predicted octanol–water partition coefficient (Wildman–Crippen LogP) is 3.84. The van der Waals surface area contributed by atoms with Gasteiger partial charge in [-0.05, 0) is 68.2 Å². The molecule has 0 aliphatic heterocycles. The van der Waals surface area contributed by atoms with Gasteiger partial charge in [-0.15, -0.1) is 0 Å². The first-order valence-corrected chi connectivity index (χ1v) is 10.4. The van der Waals surface area contributed by atoms with Gasteiger partial charge in [0.05, 0.1) is 0 Å². The van der Waals surface area contributed by atoms with E-state index in [2.05, 4.69) is 31.2 Å². The van der Waals surface area contributed by atoms with Crippen molar-refractivity contribution in [1.82, 2.24) is 20.6 Å². The maximum absolute atomic E-state index is 12.1. The van der Waals surface area contributed by atoms with Crippen LogP contribution >= 0.6 is 0 Å². The maximum atomic E-state index is 12.1. The average Bonchev–Trinajstić information content (AvgIpc) is 2.74. The van der Waals surface area contributed by atoms with Crippen LogP contribution in [-0.2, 0) is 0 Å². The highest BCUT2D eigenvalue weighted by Crippen LogP contribution is 2.28. The third-order valence-electron chi connectivity index (χ3n) is 5.30. The summed E-state index contributed by atoms with van der Waals surface area (Å²) in [4.78, 5) is 32.6. The Hall–Kier alpha value is -3.16. The summed E-state index contributed by atoms with van der Waals surface area (Å²) in [7, 11) is 0. The molecule has 0 spiro atoms. The monoisotopic (exact) mass is 410 g/mol. The van der Waals surface area contributed by atoms with Crippen LogP contribution < -0.4 is 21.3 Å². The van der Waals surface area contributed by atoms with Gasteiger partial charge in [0, 0.05) is 25.5 Å². The zero-order valence-corrected chi connectivity index (χ0v) is 17.6. The SMILES string of the molecule is Cc1ccc(NC(=O)NC[C@@H]2CCC[C@@H](CNC(=O)Nc3ccc(C)cn3)C2)nc1. The molecular formula is C22H30N6O2. The first-order valence-electron chi connectivity index (χ1n) is 10.4. The highest BCUT2D eigenvalue weighted by atomic mass is 16.2. The fraction of sp³-hybridized carbons (Fsp3) is 0.455. The summed E-state index contributed by atoms with van der Waals surface area (Å²) in [5.74, 6) is 1.89. The van der Waals surface area contributed by atoms with Crippen molar-refractivity contribution < 1.29 is 9.59 Å². The number of nitrogens with zero attached hydrogens (tertiary/aromatic N) is 2. The molecule has 0 radical (unpaired) electrons. The maximum Gasteiger partial charge on any atom is 0.320 e. The number of hydrogen-bond acceptors (Lipinski definition) is 4. The van der Waals surface area contributed by atoms with Crippen molar-refractivity contribution in [2.75, 3.05) is 23.7 Å². The van der Waals surface area contributed by atoms with E-state index in [1.54, 1.807) is 24.5 Å². The number of aryl methyl sites for hydroxylation is 2. The standard InChI is InChI=1S/C22H30N6O2/c1-15-6-8-19(23-11-15)27-21(29)25-13-17-4-3-5-18(10-17)14-26-22(30)28-20-9-7-16(2)12-24-20/h6-9,11-12,17-18H,3-5,10,13-14H2,1-2H3,(H2,23,25,27,29)(H2,24,26,28,30)/t17-,18-/m1/s1. The minimum Gasteiger partial charge on any atom is -0.338 e. The second-order valence-electron chi connectivity index (χ2n) is 8.01. The number of carbonyl (C=O) groups excluding carboxylic acids is 2. The molecule has 0 aromatic carbocycles. The molecule has 8 nitrogen and oxygen atoms in total. The minimum atomic E-state index is -0.239. The molecule has 1 saturated carbocycles. The molecule has 2 aromatic rings. The van der Waals surface area contributed by atoms with Crippen LogP contribution in [0, 0.1) is 25.7 Å². The molecule has 4 amide bonds. The fourth-order valence-electron chi connectivity index (χ4n) is 3.65. The second-order valence-corrected chi connectivity index (χ2v) is 8.01. The topological polar surface area (TPSA) is 108 Å². The number of anilines is 2. The van der Waals surface area contributed by atoms with E-state index < -0.39 is 0 Å². The number of nitrogens with one attached hydrogen (secondary N) is 4. The first-order chi connectivity index (χ1) is 14.5. The molecule has 8 heteroatoms. The Morgan fingerprint density at radius 1 is 0.833 bits per heavy atom. The molecular weight excluding hydrogens is 380 g/mol. The van der Waals surface area contributed by atoms with E-state index in [-0.39, 0.29) is 12.1 Å². The van der Waals surface area contributed by atoms with Gasteiger partial charge in [-0.1, -0.05) is 18.6 Å². The summed E-state index contributed by atoms with van der Waals surface area (Å²) in [5.41, 5.74) is 2.10. The van der Waals surface area contributed by atoms with Crippen molar-refractivity contribution in [2.45, 2.75) is 39.5 Å². The lowest BCUT2D eigenvalue weighted by Crippen LogP contribution is -2.38. The lowest BCUT2D eigenvalue weighted by molar-refractivity contribution is 0.230. The van der Waals surface area contributed by atoms with Crippen LogP contribution in [0.15, 0.2) is 36.7 Å². The van der Waals surface area contributed by atoms with E-state index in [9.17, 15) is 9.59 Å². The van der Waals surface area contributed by atoms with Gasteiger partial charge in [0.1, 0.15) is 11.6 Å². The third-order valence-corrected chi connectivity index (χ3v) is 5.30. The number of carbonyl (C=O) groups is 2. The van der Waals surface area contributed by atoms with Crippen LogP contribution in [0.5, 0.6) is 0 Å². The highest BCUT2D eigenvalue weighted by Gasteiger charge is 2.23. The largest absolute Gasteiger partial charge is 0.338 e. The van der Waals surface area contributed by atoms with E-state index in [1.165, 1.54) is 0 Å². The number of urea groups is 2. The predicted molar refractivity (Wildman–Crippen MR) is 117 cm³/mol. The lowest BCUT2D eigenvalue weighted by Gasteiger charge is -2.29. The van der Waals surface area contributed by atoms with Gasteiger partial charge in [-0.25, -0.2) is 19.6 Å². The van der Waals surface area contributed by atoms with Crippen molar-refractivity contribution in [3.63, 3.8) is 0 Å². The second kappa shape index (κ2) is 10.6. The van der Waals surface area contributed by atoms with E-state index in [1.807, 2.05) is 26.0 Å². The van der Waals surface area contributed by atoms with Crippen molar-refractivity contribution >= 4 is 23.7 Å². The highest BCUT2D eigenvalue weighted by molar-refractivity contribution is 5.88. The quantitative estimate of drug-likeness (QED) is 0.580. The molecule has 0 unspecified atom stereocenters. The van der Waals surface area contributed by atoms with Gasteiger partial charge >= 0.3 is 12.1 Å². The molecule has 2 heterocycles. The summed E-state index contributed by atoms with van der Waals surface area (Å²) in [6.45, 7) is 5.14. The van der Waals surface area contributed by atoms with Gasteiger partial charge in [0.2, 0.25) is 0 Å².